The van der Waals surface area contributed by atoms with Crippen molar-refractivity contribution in [1.82, 2.24) is 20.1 Å². The first-order chi connectivity index (χ1) is 18.4. The molecule has 1 aliphatic rings. The molecule has 2 atom stereocenters. The molecule has 2 heterocycles. The van der Waals surface area contributed by atoms with Gasteiger partial charge in [-0.3, -0.25) is 14.4 Å². The summed E-state index contributed by atoms with van der Waals surface area (Å²) in [5.41, 5.74) is 4.83. The van der Waals surface area contributed by atoms with Gasteiger partial charge >= 0.3 is 5.97 Å². The van der Waals surface area contributed by atoms with Crippen molar-refractivity contribution in [2.75, 3.05) is 5.32 Å². The molecule has 2 amide bonds. The lowest BCUT2D eigenvalue weighted by Crippen LogP contribution is -2.39. The summed E-state index contributed by atoms with van der Waals surface area (Å²) in [4.78, 5) is 37.3. The summed E-state index contributed by atoms with van der Waals surface area (Å²) in [6.45, 7) is -0.202. The fourth-order valence-electron chi connectivity index (χ4n) is 5.23. The molecule has 9 nitrogen and oxygen atoms in total. The van der Waals surface area contributed by atoms with Crippen LogP contribution < -0.4 is 10.6 Å². The second-order valence-corrected chi connectivity index (χ2v) is 10.2. The number of carbonyl (C=O) groups is 3. The molecule has 0 spiro atoms. The van der Waals surface area contributed by atoms with Crippen molar-refractivity contribution in [3.8, 4) is 0 Å². The number of halogens is 1. The highest BCUT2D eigenvalue weighted by molar-refractivity contribution is 7.13. The van der Waals surface area contributed by atoms with Gasteiger partial charge in [-0.05, 0) is 48.6 Å². The zero-order chi connectivity index (χ0) is 26.6. The Morgan fingerprint density at radius 2 is 1.92 bits per heavy atom. The number of rotatable bonds is 9. The third-order valence-corrected chi connectivity index (χ3v) is 7.43. The molecule has 0 saturated heterocycles. The van der Waals surface area contributed by atoms with Gasteiger partial charge in [0.2, 0.25) is 16.9 Å². The van der Waals surface area contributed by atoms with E-state index in [2.05, 4.69) is 20.8 Å². The highest BCUT2D eigenvalue weighted by Crippen LogP contribution is 2.33. The second kappa shape index (κ2) is 11.1. The van der Waals surface area contributed by atoms with Crippen LogP contribution in [0.4, 0.5) is 9.52 Å². The fraction of sp³-hybridized carbons (Fsp3) is 0.296. The quantitative estimate of drug-likeness (QED) is 0.299. The summed E-state index contributed by atoms with van der Waals surface area (Å²) in [7, 11) is 0. The lowest BCUT2D eigenvalue weighted by Gasteiger charge is -2.26. The SMILES string of the molecule is O=C(O)Cn1c2c(c3cc(F)ccc31)C[C@@H](NC(=O)CC(CC(=O)Nc1nncs1)c1ccccc1)CC2. The summed E-state index contributed by atoms with van der Waals surface area (Å²) in [5.74, 6) is -2.13. The third-order valence-electron chi connectivity index (χ3n) is 6.83. The molecule has 0 radical (unpaired) electrons. The van der Waals surface area contributed by atoms with E-state index in [4.69, 9.17) is 0 Å². The number of carbonyl (C=O) groups excluding carboxylic acids is 2. The number of hydrogen-bond donors (Lipinski definition) is 3. The Kier molecular flexibility index (Phi) is 7.45. The number of aromatic nitrogens is 3. The number of nitrogens with zero attached hydrogens (tertiary/aromatic N) is 3. The van der Waals surface area contributed by atoms with E-state index in [1.807, 2.05) is 30.3 Å². The number of carboxylic acids is 1. The van der Waals surface area contributed by atoms with Gasteiger partial charge < -0.3 is 20.3 Å². The van der Waals surface area contributed by atoms with E-state index >= 15 is 0 Å². The first-order valence-electron chi connectivity index (χ1n) is 12.3. The number of hydrogen-bond acceptors (Lipinski definition) is 6. The number of aliphatic carboxylic acids is 1. The Balaban J connectivity index is 1.30. The molecule has 38 heavy (non-hydrogen) atoms. The maximum atomic E-state index is 14.1. The largest absolute Gasteiger partial charge is 0.480 e. The van der Waals surface area contributed by atoms with Crippen LogP contribution in [0, 0.1) is 5.82 Å². The van der Waals surface area contributed by atoms with Crippen molar-refractivity contribution in [2.45, 2.75) is 50.6 Å². The van der Waals surface area contributed by atoms with Gasteiger partial charge in [-0.25, -0.2) is 4.39 Å². The van der Waals surface area contributed by atoms with Crippen LogP contribution in [0.15, 0.2) is 54.0 Å². The van der Waals surface area contributed by atoms with Crippen LogP contribution >= 0.6 is 11.3 Å². The summed E-state index contributed by atoms with van der Waals surface area (Å²) in [5, 5.41) is 23.9. The number of anilines is 1. The van der Waals surface area contributed by atoms with Crippen LogP contribution in [0.2, 0.25) is 0 Å². The van der Waals surface area contributed by atoms with E-state index in [0.29, 0.717) is 35.3 Å². The normalized spacial score (nSPS) is 15.6. The van der Waals surface area contributed by atoms with Gasteiger partial charge in [0.25, 0.3) is 0 Å². The lowest BCUT2D eigenvalue weighted by atomic mass is 9.89. The van der Waals surface area contributed by atoms with Crippen molar-refractivity contribution in [2.24, 2.45) is 0 Å². The van der Waals surface area contributed by atoms with Crippen molar-refractivity contribution in [1.29, 1.82) is 0 Å². The highest BCUT2D eigenvalue weighted by atomic mass is 32.1. The highest BCUT2D eigenvalue weighted by Gasteiger charge is 2.28. The molecule has 1 aliphatic carbocycles. The Bertz CT molecular complexity index is 1470. The average Bonchev–Trinajstić information content (AvgIpc) is 3.50. The number of carboxylic acid groups (broad SMARTS) is 1. The van der Waals surface area contributed by atoms with Gasteiger partial charge in [-0.1, -0.05) is 41.7 Å². The van der Waals surface area contributed by atoms with E-state index in [0.717, 1.165) is 16.8 Å². The molecule has 11 heteroatoms. The van der Waals surface area contributed by atoms with Crippen LogP contribution in [-0.2, 0) is 33.8 Å². The number of benzene rings is 2. The van der Waals surface area contributed by atoms with Gasteiger partial charge in [0.1, 0.15) is 17.9 Å². The summed E-state index contributed by atoms with van der Waals surface area (Å²) in [6, 6.07) is 13.6. The molecular formula is C27H26FN5O4S. The Hall–Kier alpha value is -4.12. The third kappa shape index (κ3) is 5.72. The monoisotopic (exact) mass is 535 g/mol. The van der Waals surface area contributed by atoms with E-state index in [-0.39, 0.29) is 43.2 Å². The van der Waals surface area contributed by atoms with Crippen molar-refractivity contribution < 1.29 is 23.9 Å². The van der Waals surface area contributed by atoms with Gasteiger partial charge in [-0.15, -0.1) is 10.2 Å². The molecule has 0 saturated carbocycles. The predicted octanol–water partition coefficient (Wildman–Crippen LogP) is 3.89. The van der Waals surface area contributed by atoms with Crippen LogP contribution in [-0.4, -0.2) is 43.7 Å². The van der Waals surface area contributed by atoms with Crippen molar-refractivity contribution >= 4 is 45.2 Å². The maximum Gasteiger partial charge on any atom is 0.323 e. The second-order valence-electron chi connectivity index (χ2n) is 9.38. The van der Waals surface area contributed by atoms with Crippen molar-refractivity contribution in [3.05, 3.63) is 76.7 Å². The van der Waals surface area contributed by atoms with Crippen LogP contribution in [0.3, 0.4) is 0 Å². The number of fused-ring (bicyclic) bond motifs is 3. The average molecular weight is 536 g/mol. The van der Waals surface area contributed by atoms with Crippen molar-refractivity contribution in [3.63, 3.8) is 0 Å². The van der Waals surface area contributed by atoms with E-state index in [1.165, 1.54) is 29.0 Å². The Labute approximate surface area is 221 Å². The number of nitrogens with one attached hydrogen (secondary N) is 2. The molecule has 3 N–H and O–H groups in total. The molecule has 196 valence electrons. The van der Waals surface area contributed by atoms with Gasteiger partial charge in [0.15, 0.2) is 0 Å². The standard InChI is InChI=1S/C27H26FN5O4S/c28-18-6-8-22-20(12-18)21-13-19(7-9-23(21)33(22)14-26(36)37)30-24(34)10-17(16-4-2-1-3-5-16)11-25(35)31-27-32-29-15-38-27/h1-6,8,12,15,17,19H,7,9-11,13-14H2,(H,30,34)(H,36,37)(H,31,32,35)/t17?,19-/m0/s1. The number of amides is 2. The Morgan fingerprint density at radius 3 is 2.66 bits per heavy atom. The van der Waals surface area contributed by atoms with Crippen LogP contribution in [0.25, 0.3) is 10.9 Å². The molecule has 4 aromatic rings. The maximum absolute atomic E-state index is 14.1. The Morgan fingerprint density at radius 1 is 1.13 bits per heavy atom. The topological polar surface area (TPSA) is 126 Å². The fourth-order valence-corrected chi connectivity index (χ4v) is 5.69. The first-order valence-corrected chi connectivity index (χ1v) is 13.2. The first kappa shape index (κ1) is 25.5. The zero-order valence-electron chi connectivity index (χ0n) is 20.4. The molecule has 0 fully saturated rings. The molecule has 2 aromatic carbocycles. The molecular weight excluding hydrogens is 509 g/mol. The molecule has 1 unspecified atom stereocenters. The van der Waals surface area contributed by atoms with E-state index < -0.39 is 11.8 Å². The summed E-state index contributed by atoms with van der Waals surface area (Å²) in [6.07, 6.45) is 1.89. The van der Waals surface area contributed by atoms with E-state index in [1.54, 1.807) is 10.6 Å². The summed E-state index contributed by atoms with van der Waals surface area (Å²) >= 11 is 1.22. The summed E-state index contributed by atoms with van der Waals surface area (Å²) < 4.78 is 15.8. The van der Waals surface area contributed by atoms with Gasteiger partial charge in [-0.2, -0.15) is 0 Å². The molecule has 2 aromatic heterocycles. The van der Waals surface area contributed by atoms with Gasteiger partial charge in [0, 0.05) is 41.4 Å². The van der Waals surface area contributed by atoms with E-state index in [9.17, 15) is 23.9 Å². The molecule has 0 bridgehead atoms. The minimum atomic E-state index is -0.966. The molecule has 5 rings (SSSR count). The minimum Gasteiger partial charge on any atom is -0.480 e. The zero-order valence-corrected chi connectivity index (χ0v) is 21.2. The molecule has 0 aliphatic heterocycles. The van der Waals surface area contributed by atoms with Crippen LogP contribution in [0.5, 0.6) is 0 Å². The lowest BCUT2D eigenvalue weighted by molar-refractivity contribution is -0.137. The van der Waals surface area contributed by atoms with Crippen LogP contribution in [0.1, 0.15) is 42.0 Å². The minimum absolute atomic E-state index is 0.105. The predicted molar refractivity (Wildman–Crippen MR) is 140 cm³/mol. The van der Waals surface area contributed by atoms with Gasteiger partial charge in [0.05, 0.1) is 0 Å². The smallest absolute Gasteiger partial charge is 0.323 e.